The highest BCUT2D eigenvalue weighted by Crippen LogP contribution is 2.26. The maximum atomic E-state index is 12.9. The van der Waals surface area contributed by atoms with Gasteiger partial charge in [-0.05, 0) is 43.5 Å². The summed E-state index contributed by atoms with van der Waals surface area (Å²) in [7, 11) is 0. The second-order valence-corrected chi connectivity index (χ2v) is 6.40. The van der Waals surface area contributed by atoms with Crippen LogP contribution in [-0.2, 0) is 0 Å². The average Bonchev–Trinajstić information content (AvgIpc) is 2.85. The van der Waals surface area contributed by atoms with E-state index >= 15 is 0 Å². The van der Waals surface area contributed by atoms with Crippen LogP contribution in [0.15, 0.2) is 53.3 Å². The van der Waals surface area contributed by atoms with Crippen molar-refractivity contribution in [1.82, 2.24) is 9.78 Å². The molecule has 0 saturated carbocycles. The fourth-order valence-corrected chi connectivity index (χ4v) is 2.96. The minimum absolute atomic E-state index is 0.0297. The predicted molar refractivity (Wildman–Crippen MR) is 95.4 cm³/mol. The SMILES string of the molecule is Cc1cccc(-c2[nH]n(-c3cccc(C)c3)c(=O)c2C(C)C)c1. The maximum absolute atomic E-state index is 12.9. The Balaban J connectivity index is 2.25. The zero-order valence-corrected chi connectivity index (χ0v) is 14.1. The smallest absolute Gasteiger partial charge is 0.275 e. The highest BCUT2D eigenvalue weighted by molar-refractivity contribution is 5.64. The summed E-state index contributed by atoms with van der Waals surface area (Å²) < 4.78 is 1.65. The van der Waals surface area contributed by atoms with Crippen LogP contribution in [0.2, 0.25) is 0 Å². The molecule has 118 valence electrons. The summed E-state index contributed by atoms with van der Waals surface area (Å²) >= 11 is 0. The molecule has 0 radical (unpaired) electrons. The molecule has 0 saturated heterocycles. The normalized spacial score (nSPS) is 11.2. The third kappa shape index (κ3) is 2.87. The summed E-state index contributed by atoms with van der Waals surface area (Å²) in [5.74, 6) is 0.153. The molecule has 0 bridgehead atoms. The lowest BCUT2D eigenvalue weighted by atomic mass is 9.98. The number of hydrogen-bond donors (Lipinski definition) is 1. The first-order chi connectivity index (χ1) is 11.0. The van der Waals surface area contributed by atoms with Crippen molar-refractivity contribution in [3.63, 3.8) is 0 Å². The van der Waals surface area contributed by atoms with E-state index in [0.29, 0.717) is 0 Å². The van der Waals surface area contributed by atoms with Gasteiger partial charge in [-0.25, -0.2) is 4.68 Å². The number of nitrogens with one attached hydrogen (secondary N) is 1. The Hall–Kier alpha value is -2.55. The summed E-state index contributed by atoms with van der Waals surface area (Å²) in [6, 6.07) is 16.2. The van der Waals surface area contributed by atoms with Crippen LogP contribution in [0, 0.1) is 13.8 Å². The van der Waals surface area contributed by atoms with Gasteiger partial charge in [-0.3, -0.25) is 9.89 Å². The maximum Gasteiger partial charge on any atom is 0.275 e. The number of aromatic nitrogens is 2. The molecule has 0 fully saturated rings. The first-order valence-corrected chi connectivity index (χ1v) is 7.96. The van der Waals surface area contributed by atoms with Crippen LogP contribution in [0.4, 0.5) is 0 Å². The van der Waals surface area contributed by atoms with Gasteiger partial charge >= 0.3 is 0 Å². The fourth-order valence-electron chi connectivity index (χ4n) is 2.96. The molecule has 1 N–H and O–H groups in total. The number of H-pyrrole nitrogens is 1. The zero-order chi connectivity index (χ0) is 16.6. The second kappa shape index (κ2) is 5.92. The van der Waals surface area contributed by atoms with Gasteiger partial charge in [-0.2, -0.15) is 0 Å². The minimum atomic E-state index is 0.0297. The van der Waals surface area contributed by atoms with Gasteiger partial charge in [0.25, 0.3) is 5.56 Å². The summed E-state index contributed by atoms with van der Waals surface area (Å²) in [5, 5.41) is 3.32. The van der Waals surface area contributed by atoms with Crippen molar-refractivity contribution in [3.05, 3.63) is 75.6 Å². The molecule has 0 aliphatic rings. The molecule has 0 unspecified atom stereocenters. The molecule has 3 aromatic rings. The van der Waals surface area contributed by atoms with Gasteiger partial charge in [0.1, 0.15) is 0 Å². The molecule has 3 rings (SSSR count). The monoisotopic (exact) mass is 306 g/mol. The van der Waals surface area contributed by atoms with Crippen molar-refractivity contribution < 1.29 is 0 Å². The van der Waals surface area contributed by atoms with Crippen LogP contribution in [0.3, 0.4) is 0 Å². The molecular weight excluding hydrogens is 284 g/mol. The number of nitrogens with zero attached hydrogens (tertiary/aromatic N) is 1. The molecule has 2 aromatic carbocycles. The summed E-state index contributed by atoms with van der Waals surface area (Å²) in [4.78, 5) is 12.9. The zero-order valence-electron chi connectivity index (χ0n) is 14.1. The lowest BCUT2D eigenvalue weighted by Crippen LogP contribution is -2.18. The largest absolute Gasteiger partial charge is 0.290 e. The Morgan fingerprint density at radius 1 is 0.957 bits per heavy atom. The topological polar surface area (TPSA) is 37.8 Å². The Labute approximate surface area is 136 Å². The van der Waals surface area contributed by atoms with Crippen LogP contribution < -0.4 is 5.56 Å². The first kappa shape index (κ1) is 15.3. The van der Waals surface area contributed by atoms with Gasteiger partial charge in [0.15, 0.2) is 0 Å². The van der Waals surface area contributed by atoms with E-state index in [1.165, 1.54) is 5.56 Å². The van der Waals surface area contributed by atoms with Crippen LogP contribution in [0.25, 0.3) is 16.9 Å². The van der Waals surface area contributed by atoms with Gasteiger partial charge in [0, 0.05) is 11.1 Å². The quantitative estimate of drug-likeness (QED) is 0.756. The summed E-state index contributed by atoms with van der Waals surface area (Å²) in [6.45, 7) is 8.21. The molecule has 23 heavy (non-hydrogen) atoms. The van der Waals surface area contributed by atoms with E-state index in [0.717, 1.165) is 28.1 Å². The Morgan fingerprint density at radius 2 is 1.61 bits per heavy atom. The van der Waals surface area contributed by atoms with Crippen molar-refractivity contribution in [2.45, 2.75) is 33.6 Å². The van der Waals surface area contributed by atoms with Crippen molar-refractivity contribution in [3.8, 4) is 16.9 Å². The molecule has 3 heteroatoms. The molecule has 3 nitrogen and oxygen atoms in total. The van der Waals surface area contributed by atoms with E-state index in [9.17, 15) is 4.79 Å². The molecule has 0 amide bonds. The van der Waals surface area contributed by atoms with Crippen molar-refractivity contribution in [1.29, 1.82) is 0 Å². The van der Waals surface area contributed by atoms with Crippen LogP contribution >= 0.6 is 0 Å². The third-order valence-electron chi connectivity index (χ3n) is 4.07. The van der Waals surface area contributed by atoms with Gasteiger partial charge in [-0.1, -0.05) is 49.7 Å². The summed E-state index contributed by atoms with van der Waals surface area (Å²) in [5.41, 5.74) is 6.01. The molecular formula is C20H22N2O. The fraction of sp³-hybridized carbons (Fsp3) is 0.250. The van der Waals surface area contributed by atoms with Crippen LogP contribution in [0.5, 0.6) is 0 Å². The van der Waals surface area contributed by atoms with E-state index in [1.54, 1.807) is 4.68 Å². The van der Waals surface area contributed by atoms with Gasteiger partial charge in [0.2, 0.25) is 0 Å². The average molecular weight is 306 g/mol. The Morgan fingerprint density at radius 3 is 2.22 bits per heavy atom. The molecule has 0 aliphatic heterocycles. The van der Waals surface area contributed by atoms with Gasteiger partial charge < -0.3 is 0 Å². The minimum Gasteiger partial charge on any atom is -0.290 e. The molecule has 0 atom stereocenters. The number of aromatic amines is 1. The predicted octanol–water partition coefficient (Wildman–Crippen LogP) is 4.57. The van der Waals surface area contributed by atoms with E-state index in [2.05, 4.69) is 38.0 Å². The van der Waals surface area contributed by atoms with E-state index in [1.807, 2.05) is 43.3 Å². The number of benzene rings is 2. The lowest BCUT2D eigenvalue weighted by Gasteiger charge is -2.06. The number of aryl methyl sites for hydroxylation is 2. The van der Waals surface area contributed by atoms with E-state index in [-0.39, 0.29) is 11.5 Å². The van der Waals surface area contributed by atoms with Crippen molar-refractivity contribution in [2.24, 2.45) is 0 Å². The molecule has 1 aromatic heterocycles. The Bertz CT molecular complexity index is 900. The van der Waals surface area contributed by atoms with Crippen LogP contribution in [0.1, 0.15) is 36.5 Å². The first-order valence-electron chi connectivity index (χ1n) is 7.96. The highest BCUT2D eigenvalue weighted by atomic mass is 16.1. The second-order valence-electron chi connectivity index (χ2n) is 6.40. The van der Waals surface area contributed by atoms with Crippen LogP contribution in [-0.4, -0.2) is 9.78 Å². The van der Waals surface area contributed by atoms with Gasteiger partial charge in [-0.15, -0.1) is 0 Å². The summed E-state index contributed by atoms with van der Waals surface area (Å²) in [6.07, 6.45) is 0. The molecule has 0 spiro atoms. The van der Waals surface area contributed by atoms with Gasteiger partial charge in [0.05, 0.1) is 11.4 Å². The van der Waals surface area contributed by atoms with Crippen molar-refractivity contribution >= 4 is 0 Å². The highest BCUT2D eigenvalue weighted by Gasteiger charge is 2.19. The van der Waals surface area contributed by atoms with E-state index in [4.69, 9.17) is 0 Å². The number of hydrogen-bond acceptors (Lipinski definition) is 1. The lowest BCUT2D eigenvalue weighted by molar-refractivity contribution is 0.825. The molecule has 1 heterocycles. The third-order valence-corrected chi connectivity index (χ3v) is 4.07. The molecule has 0 aliphatic carbocycles. The Kier molecular flexibility index (Phi) is 3.95. The standard InChI is InChI=1S/C20H22N2O/c1-13(2)18-19(16-9-5-7-14(3)11-16)21-22(20(18)23)17-10-6-8-15(4)12-17/h5-13,21H,1-4H3. The number of rotatable bonds is 3. The van der Waals surface area contributed by atoms with E-state index < -0.39 is 0 Å². The van der Waals surface area contributed by atoms with Crippen molar-refractivity contribution in [2.75, 3.05) is 0 Å².